The van der Waals surface area contributed by atoms with Crippen molar-refractivity contribution in [3.8, 4) is 0 Å². The van der Waals surface area contributed by atoms with E-state index >= 15 is 0 Å². The molecule has 0 radical (unpaired) electrons. The van der Waals surface area contributed by atoms with Crippen molar-refractivity contribution in [3.63, 3.8) is 0 Å². The number of rotatable bonds is 4. The molecule has 3 rings (SSSR count). The predicted octanol–water partition coefficient (Wildman–Crippen LogP) is 3.08. The van der Waals surface area contributed by atoms with Gasteiger partial charge in [0.25, 0.3) is 0 Å². The van der Waals surface area contributed by atoms with Crippen molar-refractivity contribution in [2.24, 2.45) is 0 Å². The van der Waals surface area contributed by atoms with Crippen LogP contribution in [0.5, 0.6) is 0 Å². The molecule has 0 fully saturated rings. The maximum Gasteiger partial charge on any atom is 0.152 e. The molecular weight excluding hydrogens is 262 g/mol. The Labute approximate surface area is 123 Å². The van der Waals surface area contributed by atoms with Gasteiger partial charge in [0, 0.05) is 12.4 Å². The molecule has 0 amide bonds. The number of nitrogens with zero attached hydrogens (tertiary/aromatic N) is 4. The molecule has 5 nitrogen and oxygen atoms in total. The van der Waals surface area contributed by atoms with Gasteiger partial charge in [0.1, 0.15) is 0 Å². The summed E-state index contributed by atoms with van der Waals surface area (Å²) in [4.78, 5) is 8.75. The largest absolute Gasteiger partial charge is 0.336 e. The molecule has 5 heteroatoms. The second kappa shape index (κ2) is 5.75. The Morgan fingerprint density at radius 3 is 2.71 bits per heavy atom. The minimum Gasteiger partial charge on any atom is -0.336 e. The summed E-state index contributed by atoms with van der Waals surface area (Å²) < 4.78 is 1.90. The highest BCUT2D eigenvalue weighted by atomic mass is 15.3. The van der Waals surface area contributed by atoms with Gasteiger partial charge >= 0.3 is 0 Å². The number of aryl methyl sites for hydroxylation is 2. The second-order valence-electron chi connectivity index (χ2n) is 4.98. The second-order valence-corrected chi connectivity index (χ2v) is 4.98. The van der Waals surface area contributed by atoms with E-state index in [4.69, 9.17) is 0 Å². The van der Waals surface area contributed by atoms with E-state index in [0.29, 0.717) is 0 Å². The summed E-state index contributed by atoms with van der Waals surface area (Å²) in [5, 5.41) is 7.63. The summed E-state index contributed by atoms with van der Waals surface area (Å²) in [6.07, 6.45) is 5.53. The summed E-state index contributed by atoms with van der Waals surface area (Å²) in [5.74, 6) is 0.772. The van der Waals surface area contributed by atoms with Gasteiger partial charge in [-0.1, -0.05) is 30.3 Å². The summed E-state index contributed by atoms with van der Waals surface area (Å²) in [6, 6.07) is 10.3. The van der Waals surface area contributed by atoms with E-state index in [1.165, 1.54) is 5.56 Å². The molecule has 0 aliphatic rings. The third-order valence-corrected chi connectivity index (χ3v) is 3.16. The first-order valence-corrected chi connectivity index (χ1v) is 6.84. The van der Waals surface area contributed by atoms with Crippen LogP contribution in [0.3, 0.4) is 0 Å². The SMILES string of the molecule is Cc1cnc(C)c(Nc2cnn(Cc3ccccc3)c2)n1. The van der Waals surface area contributed by atoms with E-state index in [9.17, 15) is 0 Å². The standard InChI is InChI=1S/C16H17N5/c1-12-8-17-13(2)16(19-12)20-15-9-18-21(11-15)10-14-6-4-3-5-7-14/h3-9,11H,10H2,1-2H3,(H,19,20). The molecule has 0 unspecified atom stereocenters. The third-order valence-electron chi connectivity index (χ3n) is 3.16. The Kier molecular flexibility index (Phi) is 3.64. The summed E-state index contributed by atoms with van der Waals surface area (Å²) in [5.41, 5.74) is 3.89. The lowest BCUT2D eigenvalue weighted by atomic mass is 10.2. The first-order valence-electron chi connectivity index (χ1n) is 6.84. The van der Waals surface area contributed by atoms with E-state index in [0.717, 1.165) is 29.4 Å². The topological polar surface area (TPSA) is 55.6 Å². The predicted molar refractivity (Wildman–Crippen MR) is 82.6 cm³/mol. The Balaban J connectivity index is 1.75. The highest BCUT2D eigenvalue weighted by Gasteiger charge is 2.05. The quantitative estimate of drug-likeness (QED) is 0.797. The molecule has 21 heavy (non-hydrogen) atoms. The molecule has 0 bridgehead atoms. The summed E-state index contributed by atoms with van der Waals surface area (Å²) >= 11 is 0. The van der Waals surface area contributed by atoms with Crippen LogP contribution in [0.15, 0.2) is 48.9 Å². The Bertz CT molecular complexity index is 733. The van der Waals surface area contributed by atoms with Crippen LogP contribution in [-0.4, -0.2) is 19.7 Å². The highest BCUT2D eigenvalue weighted by Crippen LogP contribution is 2.16. The van der Waals surface area contributed by atoms with Crippen molar-refractivity contribution < 1.29 is 0 Å². The van der Waals surface area contributed by atoms with Crippen LogP contribution >= 0.6 is 0 Å². The van der Waals surface area contributed by atoms with Crippen LogP contribution in [0.4, 0.5) is 11.5 Å². The molecule has 0 atom stereocenters. The van der Waals surface area contributed by atoms with Crippen LogP contribution in [0.2, 0.25) is 0 Å². The maximum absolute atomic E-state index is 4.45. The zero-order valence-electron chi connectivity index (χ0n) is 12.1. The number of hydrogen-bond donors (Lipinski definition) is 1. The summed E-state index contributed by atoms with van der Waals surface area (Å²) in [7, 11) is 0. The van der Waals surface area contributed by atoms with Gasteiger partial charge in [-0.3, -0.25) is 9.67 Å². The molecule has 0 aliphatic heterocycles. The third kappa shape index (κ3) is 3.25. The van der Waals surface area contributed by atoms with E-state index in [1.807, 2.05) is 42.9 Å². The minimum absolute atomic E-state index is 0.751. The van der Waals surface area contributed by atoms with Crippen LogP contribution in [-0.2, 0) is 6.54 Å². The lowest BCUT2D eigenvalue weighted by Crippen LogP contribution is -2.00. The first-order chi connectivity index (χ1) is 10.2. The Morgan fingerprint density at radius 1 is 1.10 bits per heavy atom. The van der Waals surface area contributed by atoms with Crippen molar-refractivity contribution in [2.45, 2.75) is 20.4 Å². The molecule has 3 aromatic rings. The molecule has 106 valence electrons. The zero-order valence-corrected chi connectivity index (χ0v) is 12.1. The maximum atomic E-state index is 4.45. The number of benzene rings is 1. The van der Waals surface area contributed by atoms with E-state index in [2.05, 4.69) is 32.5 Å². The van der Waals surface area contributed by atoms with Gasteiger partial charge < -0.3 is 5.32 Å². The van der Waals surface area contributed by atoms with Crippen LogP contribution in [0.25, 0.3) is 0 Å². The van der Waals surface area contributed by atoms with Crippen molar-refractivity contribution in [2.75, 3.05) is 5.32 Å². The van der Waals surface area contributed by atoms with Gasteiger partial charge in [0.05, 0.1) is 29.8 Å². The average molecular weight is 279 g/mol. The number of aromatic nitrogens is 4. The Hall–Kier alpha value is -2.69. The van der Waals surface area contributed by atoms with Gasteiger partial charge in [0.2, 0.25) is 0 Å². The van der Waals surface area contributed by atoms with Crippen LogP contribution in [0, 0.1) is 13.8 Å². The van der Waals surface area contributed by atoms with E-state index in [1.54, 1.807) is 12.4 Å². The Morgan fingerprint density at radius 2 is 1.90 bits per heavy atom. The van der Waals surface area contributed by atoms with Gasteiger partial charge in [-0.2, -0.15) is 5.10 Å². The molecule has 0 saturated carbocycles. The number of hydrogen-bond acceptors (Lipinski definition) is 4. The molecule has 1 N–H and O–H groups in total. The normalized spacial score (nSPS) is 10.6. The van der Waals surface area contributed by atoms with E-state index in [-0.39, 0.29) is 0 Å². The van der Waals surface area contributed by atoms with Gasteiger partial charge in [-0.25, -0.2) is 4.98 Å². The first kappa shape index (κ1) is 13.3. The van der Waals surface area contributed by atoms with Gasteiger partial charge in [-0.15, -0.1) is 0 Å². The average Bonchev–Trinajstić information content (AvgIpc) is 2.91. The van der Waals surface area contributed by atoms with Crippen molar-refractivity contribution >= 4 is 11.5 Å². The molecular formula is C16H17N5. The molecule has 2 heterocycles. The molecule has 0 saturated heterocycles. The minimum atomic E-state index is 0.751. The molecule has 0 spiro atoms. The lowest BCUT2D eigenvalue weighted by molar-refractivity contribution is 0.687. The highest BCUT2D eigenvalue weighted by molar-refractivity contribution is 5.56. The number of anilines is 2. The molecule has 2 aromatic heterocycles. The van der Waals surface area contributed by atoms with Crippen LogP contribution in [0.1, 0.15) is 17.0 Å². The molecule has 0 aliphatic carbocycles. The summed E-state index contributed by atoms with van der Waals surface area (Å²) in [6.45, 7) is 4.61. The number of nitrogens with one attached hydrogen (secondary N) is 1. The van der Waals surface area contributed by atoms with E-state index < -0.39 is 0 Å². The fourth-order valence-corrected chi connectivity index (χ4v) is 2.08. The van der Waals surface area contributed by atoms with Crippen molar-refractivity contribution in [3.05, 3.63) is 65.9 Å². The van der Waals surface area contributed by atoms with Crippen LogP contribution < -0.4 is 5.32 Å². The fraction of sp³-hybridized carbons (Fsp3) is 0.188. The fourth-order valence-electron chi connectivity index (χ4n) is 2.08. The van der Waals surface area contributed by atoms with Gasteiger partial charge in [-0.05, 0) is 19.4 Å². The zero-order chi connectivity index (χ0) is 14.7. The van der Waals surface area contributed by atoms with Gasteiger partial charge in [0.15, 0.2) is 5.82 Å². The van der Waals surface area contributed by atoms with Crippen molar-refractivity contribution in [1.29, 1.82) is 0 Å². The smallest absolute Gasteiger partial charge is 0.152 e. The molecule has 1 aromatic carbocycles. The lowest BCUT2D eigenvalue weighted by Gasteiger charge is -2.06. The monoisotopic (exact) mass is 279 g/mol. The van der Waals surface area contributed by atoms with Crippen molar-refractivity contribution in [1.82, 2.24) is 19.7 Å².